The summed E-state index contributed by atoms with van der Waals surface area (Å²) in [6.45, 7) is 2.01. The molecule has 0 bridgehead atoms. The minimum Gasteiger partial charge on any atom is -0.496 e. The number of aryl methyl sites for hydroxylation is 1. The second kappa shape index (κ2) is 6.09. The zero-order chi connectivity index (χ0) is 14.7. The molecule has 4 heteroatoms. The topological polar surface area (TPSA) is 29.5 Å². The van der Waals surface area contributed by atoms with Crippen molar-refractivity contribution in [1.82, 2.24) is 0 Å². The Labute approximate surface area is 127 Å². The fraction of sp³-hybridized carbons (Fsp3) is 0.188. The van der Waals surface area contributed by atoms with Crippen molar-refractivity contribution in [3.8, 4) is 5.75 Å². The maximum absolute atomic E-state index is 12.5. The van der Waals surface area contributed by atoms with Crippen LogP contribution in [0.3, 0.4) is 0 Å². The molecule has 2 rings (SSSR count). The molecule has 0 atom stereocenters. The maximum Gasteiger partial charge on any atom is 0.258 e. The molecule has 3 nitrogen and oxygen atoms in total. The quantitative estimate of drug-likeness (QED) is 0.848. The van der Waals surface area contributed by atoms with Crippen molar-refractivity contribution < 1.29 is 9.53 Å². The van der Waals surface area contributed by atoms with E-state index in [1.165, 1.54) is 0 Å². The zero-order valence-electron chi connectivity index (χ0n) is 11.7. The van der Waals surface area contributed by atoms with E-state index in [1.54, 1.807) is 37.3 Å². The number of rotatable bonds is 3. The van der Waals surface area contributed by atoms with E-state index in [0.29, 0.717) is 11.3 Å². The largest absolute Gasteiger partial charge is 0.496 e. The summed E-state index contributed by atoms with van der Waals surface area (Å²) < 4.78 is 5.94. The van der Waals surface area contributed by atoms with Crippen LogP contribution in [0.15, 0.2) is 46.9 Å². The minimum atomic E-state index is -0.0565. The van der Waals surface area contributed by atoms with Crippen LogP contribution in [-0.4, -0.2) is 20.1 Å². The fourth-order valence-corrected chi connectivity index (χ4v) is 2.49. The first-order valence-electron chi connectivity index (χ1n) is 6.21. The summed E-state index contributed by atoms with van der Waals surface area (Å²) in [5.41, 5.74) is 2.61. The molecule has 0 unspecified atom stereocenters. The van der Waals surface area contributed by atoms with Gasteiger partial charge in [-0.2, -0.15) is 0 Å². The van der Waals surface area contributed by atoms with Crippen LogP contribution in [0.1, 0.15) is 15.9 Å². The molecule has 0 heterocycles. The van der Waals surface area contributed by atoms with Crippen LogP contribution in [-0.2, 0) is 0 Å². The highest BCUT2D eigenvalue weighted by Gasteiger charge is 2.15. The third kappa shape index (κ3) is 3.02. The summed E-state index contributed by atoms with van der Waals surface area (Å²) in [4.78, 5) is 14.1. The first-order valence-corrected chi connectivity index (χ1v) is 7.00. The van der Waals surface area contributed by atoms with Crippen molar-refractivity contribution in [1.29, 1.82) is 0 Å². The first kappa shape index (κ1) is 14.6. The molecule has 2 aromatic carbocycles. The third-order valence-electron chi connectivity index (χ3n) is 3.09. The zero-order valence-corrected chi connectivity index (χ0v) is 13.3. The van der Waals surface area contributed by atoms with Crippen molar-refractivity contribution >= 4 is 27.5 Å². The van der Waals surface area contributed by atoms with Gasteiger partial charge >= 0.3 is 0 Å². The summed E-state index contributed by atoms with van der Waals surface area (Å²) in [6, 6.07) is 13.2. The molecule has 20 heavy (non-hydrogen) atoms. The number of anilines is 1. The smallest absolute Gasteiger partial charge is 0.258 e. The van der Waals surface area contributed by atoms with Crippen LogP contribution in [0.2, 0.25) is 0 Å². The second-order valence-electron chi connectivity index (χ2n) is 4.55. The van der Waals surface area contributed by atoms with Gasteiger partial charge < -0.3 is 9.64 Å². The predicted octanol–water partition coefficient (Wildman–Crippen LogP) is 4.04. The number of hydrogen-bond acceptors (Lipinski definition) is 2. The number of benzene rings is 2. The summed E-state index contributed by atoms with van der Waals surface area (Å²) in [5.74, 6) is 0.652. The van der Waals surface area contributed by atoms with Crippen molar-refractivity contribution in [3.05, 3.63) is 58.1 Å². The van der Waals surface area contributed by atoms with E-state index in [1.807, 2.05) is 31.2 Å². The lowest BCUT2D eigenvalue weighted by Crippen LogP contribution is -2.26. The van der Waals surface area contributed by atoms with Gasteiger partial charge in [0.2, 0.25) is 0 Å². The van der Waals surface area contributed by atoms with Crippen LogP contribution in [0, 0.1) is 6.92 Å². The Kier molecular flexibility index (Phi) is 4.45. The van der Waals surface area contributed by atoms with Gasteiger partial charge in [0, 0.05) is 18.3 Å². The molecule has 0 saturated heterocycles. The van der Waals surface area contributed by atoms with Gasteiger partial charge in [-0.25, -0.2) is 0 Å². The van der Waals surface area contributed by atoms with E-state index in [2.05, 4.69) is 15.9 Å². The number of amides is 1. The van der Waals surface area contributed by atoms with Gasteiger partial charge in [-0.15, -0.1) is 0 Å². The van der Waals surface area contributed by atoms with Gasteiger partial charge in [-0.3, -0.25) is 4.79 Å². The van der Waals surface area contributed by atoms with E-state index in [0.717, 1.165) is 15.7 Å². The molecule has 0 radical (unpaired) electrons. The lowest BCUT2D eigenvalue weighted by Gasteiger charge is -2.18. The second-order valence-corrected chi connectivity index (χ2v) is 5.41. The Morgan fingerprint density at radius 3 is 2.55 bits per heavy atom. The molecule has 0 aliphatic heterocycles. The number of ether oxygens (including phenoxy) is 1. The molecule has 0 aliphatic carbocycles. The number of hydrogen-bond donors (Lipinski definition) is 0. The number of nitrogens with zero attached hydrogens (tertiary/aromatic N) is 1. The van der Waals surface area contributed by atoms with Gasteiger partial charge in [0.25, 0.3) is 5.91 Å². The average molecular weight is 334 g/mol. The standard InChI is InChI=1S/C16H16BrNO2/c1-11-5-4-6-13(9-11)18(2)16(19)12-7-8-15(20-3)14(17)10-12/h4-10H,1-3H3. The molecule has 0 saturated carbocycles. The van der Waals surface area contributed by atoms with Crippen LogP contribution >= 0.6 is 15.9 Å². The lowest BCUT2D eigenvalue weighted by atomic mass is 10.1. The highest BCUT2D eigenvalue weighted by molar-refractivity contribution is 9.10. The molecular formula is C16H16BrNO2. The summed E-state index contributed by atoms with van der Waals surface area (Å²) in [6.07, 6.45) is 0. The molecule has 0 N–H and O–H groups in total. The molecule has 2 aromatic rings. The van der Waals surface area contributed by atoms with Gasteiger partial charge in [0.05, 0.1) is 11.6 Å². The first-order chi connectivity index (χ1) is 9.52. The SMILES string of the molecule is COc1ccc(C(=O)N(C)c2cccc(C)c2)cc1Br. The fourth-order valence-electron chi connectivity index (χ4n) is 1.95. The predicted molar refractivity (Wildman–Crippen MR) is 84.6 cm³/mol. The maximum atomic E-state index is 12.5. The molecule has 0 fully saturated rings. The van der Waals surface area contributed by atoms with Crippen LogP contribution in [0.25, 0.3) is 0 Å². The molecule has 104 valence electrons. The molecule has 0 aliphatic rings. The normalized spacial score (nSPS) is 10.2. The Hall–Kier alpha value is -1.81. The summed E-state index contributed by atoms with van der Waals surface area (Å²) in [7, 11) is 3.37. The van der Waals surface area contributed by atoms with E-state index < -0.39 is 0 Å². The molecular weight excluding hydrogens is 318 g/mol. The summed E-state index contributed by atoms with van der Waals surface area (Å²) >= 11 is 3.40. The van der Waals surface area contributed by atoms with E-state index in [4.69, 9.17) is 4.74 Å². The highest BCUT2D eigenvalue weighted by Crippen LogP contribution is 2.26. The third-order valence-corrected chi connectivity index (χ3v) is 3.71. The molecule has 0 aromatic heterocycles. The van der Waals surface area contributed by atoms with Crippen molar-refractivity contribution in [2.75, 3.05) is 19.1 Å². The highest BCUT2D eigenvalue weighted by atomic mass is 79.9. The minimum absolute atomic E-state index is 0.0565. The Morgan fingerprint density at radius 2 is 1.95 bits per heavy atom. The Morgan fingerprint density at radius 1 is 1.20 bits per heavy atom. The number of carbonyl (C=O) groups excluding carboxylic acids is 1. The number of methoxy groups -OCH3 is 1. The monoisotopic (exact) mass is 333 g/mol. The van der Waals surface area contributed by atoms with Gasteiger partial charge in [0.15, 0.2) is 0 Å². The van der Waals surface area contributed by atoms with Crippen LogP contribution in [0.5, 0.6) is 5.75 Å². The Balaban J connectivity index is 2.29. The lowest BCUT2D eigenvalue weighted by molar-refractivity contribution is 0.0993. The van der Waals surface area contributed by atoms with Crippen molar-refractivity contribution in [3.63, 3.8) is 0 Å². The van der Waals surface area contributed by atoms with Gasteiger partial charge in [-0.05, 0) is 58.7 Å². The van der Waals surface area contributed by atoms with Gasteiger partial charge in [0.1, 0.15) is 5.75 Å². The van der Waals surface area contributed by atoms with E-state index in [-0.39, 0.29) is 5.91 Å². The number of halogens is 1. The molecule has 0 spiro atoms. The van der Waals surface area contributed by atoms with Crippen LogP contribution < -0.4 is 9.64 Å². The summed E-state index contributed by atoms with van der Waals surface area (Å²) in [5, 5.41) is 0. The van der Waals surface area contributed by atoms with E-state index >= 15 is 0 Å². The number of carbonyl (C=O) groups is 1. The van der Waals surface area contributed by atoms with E-state index in [9.17, 15) is 4.79 Å². The van der Waals surface area contributed by atoms with Crippen molar-refractivity contribution in [2.45, 2.75) is 6.92 Å². The Bertz CT molecular complexity index is 640. The van der Waals surface area contributed by atoms with Crippen molar-refractivity contribution in [2.24, 2.45) is 0 Å². The average Bonchev–Trinajstić information content (AvgIpc) is 2.45. The van der Waals surface area contributed by atoms with Crippen LogP contribution in [0.4, 0.5) is 5.69 Å². The van der Waals surface area contributed by atoms with Gasteiger partial charge in [-0.1, -0.05) is 12.1 Å². The molecule has 1 amide bonds.